The minimum Gasteiger partial charge on any atom is -0.461 e. The van der Waals surface area contributed by atoms with E-state index < -0.39 is 0 Å². The SMILES string of the molecule is C[C@H]1CCCc2sc3ncn4nc(-c5ccco5)nc4c3c21. The van der Waals surface area contributed by atoms with E-state index >= 15 is 0 Å². The quantitative estimate of drug-likeness (QED) is 0.532. The molecule has 0 saturated carbocycles. The molecule has 0 spiro atoms. The van der Waals surface area contributed by atoms with Crippen LogP contribution < -0.4 is 0 Å². The van der Waals surface area contributed by atoms with E-state index in [0.717, 1.165) is 16.9 Å². The summed E-state index contributed by atoms with van der Waals surface area (Å²) in [7, 11) is 0. The Kier molecular flexibility index (Phi) is 2.47. The topological polar surface area (TPSA) is 56.2 Å². The van der Waals surface area contributed by atoms with Gasteiger partial charge in [-0.15, -0.1) is 16.4 Å². The van der Waals surface area contributed by atoms with Crippen molar-refractivity contribution in [3.8, 4) is 11.6 Å². The average molecular weight is 310 g/mol. The Morgan fingerprint density at radius 2 is 2.36 bits per heavy atom. The first-order valence-corrected chi connectivity index (χ1v) is 8.33. The molecule has 0 unspecified atom stereocenters. The van der Waals surface area contributed by atoms with Crippen LogP contribution in [-0.2, 0) is 6.42 Å². The van der Waals surface area contributed by atoms with Gasteiger partial charge in [-0.05, 0) is 42.9 Å². The molecule has 0 fully saturated rings. The third-order valence-corrected chi connectivity index (χ3v) is 5.59. The molecular weight excluding hydrogens is 296 g/mol. The van der Waals surface area contributed by atoms with Gasteiger partial charge in [-0.2, -0.15) is 0 Å². The minimum atomic E-state index is 0.564. The van der Waals surface area contributed by atoms with Gasteiger partial charge >= 0.3 is 0 Å². The Balaban J connectivity index is 1.85. The highest BCUT2D eigenvalue weighted by molar-refractivity contribution is 7.19. The normalized spacial score (nSPS) is 18.1. The molecule has 22 heavy (non-hydrogen) atoms. The molecule has 0 radical (unpaired) electrons. The number of rotatable bonds is 1. The maximum Gasteiger partial charge on any atom is 0.217 e. The largest absolute Gasteiger partial charge is 0.461 e. The zero-order valence-corrected chi connectivity index (χ0v) is 12.9. The molecule has 110 valence electrons. The van der Waals surface area contributed by atoms with Crippen molar-refractivity contribution in [1.82, 2.24) is 19.6 Å². The van der Waals surface area contributed by atoms with Gasteiger partial charge < -0.3 is 4.42 Å². The van der Waals surface area contributed by atoms with Crippen molar-refractivity contribution in [3.05, 3.63) is 35.2 Å². The van der Waals surface area contributed by atoms with Crippen LogP contribution in [0.4, 0.5) is 0 Å². The van der Waals surface area contributed by atoms with Crippen molar-refractivity contribution in [2.75, 3.05) is 0 Å². The lowest BCUT2D eigenvalue weighted by Crippen LogP contribution is -2.04. The third kappa shape index (κ3) is 1.61. The molecule has 5 rings (SSSR count). The first-order valence-electron chi connectivity index (χ1n) is 7.52. The maximum absolute atomic E-state index is 5.42. The summed E-state index contributed by atoms with van der Waals surface area (Å²) in [5.74, 6) is 1.87. The summed E-state index contributed by atoms with van der Waals surface area (Å²) in [6.45, 7) is 2.30. The highest BCUT2D eigenvalue weighted by atomic mass is 32.1. The van der Waals surface area contributed by atoms with Crippen molar-refractivity contribution in [3.63, 3.8) is 0 Å². The van der Waals surface area contributed by atoms with E-state index in [1.54, 1.807) is 17.1 Å². The summed E-state index contributed by atoms with van der Waals surface area (Å²) in [4.78, 5) is 11.9. The fourth-order valence-electron chi connectivity index (χ4n) is 3.40. The van der Waals surface area contributed by atoms with Crippen LogP contribution in [0.25, 0.3) is 27.4 Å². The Morgan fingerprint density at radius 1 is 1.41 bits per heavy atom. The van der Waals surface area contributed by atoms with E-state index in [9.17, 15) is 0 Å². The van der Waals surface area contributed by atoms with Crippen molar-refractivity contribution in [1.29, 1.82) is 0 Å². The summed E-state index contributed by atoms with van der Waals surface area (Å²) in [6.07, 6.45) is 7.06. The average Bonchev–Trinajstić information content (AvgIpc) is 3.23. The molecule has 0 saturated heterocycles. The smallest absolute Gasteiger partial charge is 0.217 e. The lowest BCUT2D eigenvalue weighted by Gasteiger charge is -2.18. The number of furan rings is 1. The van der Waals surface area contributed by atoms with E-state index in [-0.39, 0.29) is 0 Å². The predicted molar refractivity (Wildman–Crippen MR) is 85.2 cm³/mol. The molecule has 1 atom stereocenters. The second-order valence-corrected chi connectivity index (χ2v) is 6.92. The third-order valence-electron chi connectivity index (χ3n) is 4.42. The van der Waals surface area contributed by atoms with Crippen LogP contribution in [0.2, 0.25) is 0 Å². The van der Waals surface area contributed by atoms with E-state index in [1.165, 1.54) is 28.7 Å². The maximum atomic E-state index is 5.42. The Morgan fingerprint density at radius 3 is 3.23 bits per heavy atom. The number of hydrogen-bond donors (Lipinski definition) is 0. The molecule has 0 aliphatic heterocycles. The molecule has 5 nitrogen and oxygen atoms in total. The van der Waals surface area contributed by atoms with Crippen molar-refractivity contribution in [2.45, 2.75) is 32.1 Å². The van der Waals surface area contributed by atoms with Gasteiger partial charge in [0.2, 0.25) is 5.82 Å². The molecule has 6 heteroatoms. The Labute approximate surface area is 130 Å². The molecular formula is C16H14N4OS. The summed E-state index contributed by atoms with van der Waals surface area (Å²) in [5.41, 5.74) is 2.32. The van der Waals surface area contributed by atoms with Crippen LogP contribution in [0.15, 0.2) is 29.1 Å². The van der Waals surface area contributed by atoms with Gasteiger partial charge in [0, 0.05) is 4.88 Å². The van der Waals surface area contributed by atoms with E-state index in [0.29, 0.717) is 17.5 Å². The Hall–Kier alpha value is -2.21. The first-order chi connectivity index (χ1) is 10.8. The zero-order chi connectivity index (χ0) is 14.7. The van der Waals surface area contributed by atoms with Gasteiger partial charge in [0.05, 0.1) is 11.6 Å². The van der Waals surface area contributed by atoms with E-state index in [1.807, 2.05) is 23.5 Å². The molecule has 4 aromatic heterocycles. The molecule has 0 N–H and O–H groups in total. The lowest BCUT2D eigenvalue weighted by atomic mass is 9.87. The highest BCUT2D eigenvalue weighted by Crippen LogP contribution is 2.42. The zero-order valence-electron chi connectivity index (χ0n) is 12.1. The molecule has 0 bridgehead atoms. The summed E-state index contributed by atoms with van der Waals surface area (Å²) in [5, 5.41) is 5.69. The van der Waals surface area contributed by atoms with Crippen molar-refractivity contribution < 1.29 is 4.42 Å². The second-order valence-electron chi connectivity index (χ2n) is 5.84. The van der Waals surface area contributed by atoms with Gasteiger partial charge in [0.1, 0.15) is 11.2 Å². The monoisotopic (exact) mass is 310 g/mol. The van der Waals surface area contributed by atoms with Crippen LogP contribution in [-0.4, -0.2) is 19.6 Å². The lowest BCUT2D eigenvalue weighted by molar-refractivity contribution is 0.577. The highest BCUT2D eigenvalue weighted by Gasteiger charge is 2.25. The first kappa shape index (κ1) is 12.3. The van der Waals surface area contributed by atoms with Crippen LogP contribution in [0, 0.1) is 0 Å². The van der Waals surface area contributed by atoms with E-state index in [4.69, 9.17) is 9.40 Å². The standard InChI is InChI=1S/C16H14N4OS/c1-9-4-2-6-11-12(9)13-15-18-14(10-5-3-7-21-10)19-20(15)8-17-16(13)22-11/h3,5,7-9H,2,4,6H2,1H3/t9-/m0/s1. The minimum absolute atomic E-state index is 0.564. The van der Waals surface area contributed by atoms with Gasteiger partial charge in [-0.3, -0.25) is 0 Å². The molecule has 0 amide bonds. The number of fused-ring (bicyclic) bond motifs is 5. The predicted octanol–water partition coefficient (Wildman–Crippen LogP) is 4.04. The number of nitrogens with zero attached hydrogens (tertiary/aromatic N) is 4. The van der Waals surface area contributed by atoms with Crippen LogP contribution >= 0.6 is 11.3 Å². The van der Waals surface area contributed by atoms with Crippen molar-refractivity contribution >= 4 is 27.2 Å². The summed E-state index contributed by atoms with van der Waals surface area (Å²) < 4.78 is 7.19. The number of thiophene rings is 1. The van der Waals surface area contributed by atoms with Crippen molar-refractivity contribution in [2.24, 2.45) is 0 Å². The molecule has 1 aliphatic carbocycles. The van der Waals surface area contributed by atoms with Gasteiger partial charge in [0.15, 0.2) is 11.4 Å². The van der Waals surface area contributed by atoms with E-state index in [2.05, 4.69) is 17.0 Å². The van der Waals surface area contributed by atoms with Gasteiger partial charge in [-0.25, -0.2) is 14.5 Å². The van der Waals surface area contributed by atoms with Crippen LogP contribution in [0.3, 0.4) is 0 Å². The Bertz CT molecular complexity index is 983. The summed E-state index contributed by atoms with van der Waals surface area (Å²) in [6, 6.07) is 3.73. The molecule has 0 aromatic carbocycles. The number of hydrogen-bond acceptors (Lipinski definition) is 5. The van der Waals surface area contributed by atoms with Gasteiger partial charge in [-0.1, -0.05) is 6.92 Å². The van der Waals surface area contributed by atoms with Crippen LogP contribution in [0.1, 0.15) is 36.1 Å². The second kappa shape index (κ2) is 4.39. The fraction of sp³-hybridized carbons (Fsp3) is 0.312. The van der Waals surface area contributed by atoms with Crippen LogP contribution in [0.5, 0.6) is 0 Å². The molecule has 4 aromatic rings. The number of aromatic nitrogens is 4. The fourth-order valence-corrected chi connectivity index (χ4v) is 4.69. The van der Waals surface area contributed by atoms with Gasteiger partial charge in [0.25, 0.3) is 0 Å². The molecule has 4 heterocycles. The summed E-state index contributed by atoms with van der Waals surface area (Å²) >= 11 is 1.81. The molecule has 1 aliphatic rings. The number of aryl methyl sites for hydroxylation is 1.